The topological polar surface area (TPSA) is 99.0 Å². The van der Waals surface area contributed by atoms with E-state index in [9.17, 15) is 19.7 Å². The fourth-order valence-corrected chi connectivity index (χ4v) is 4.58. The first-order valence-corrected chi connectivity index (χ1v) is 12.1. The number of hydrogen-bond acceptors (Lipinski definition) is 7. The van der Waals surface area contributed by atoms with Crippen molar-refractivity contribution in [3.63, 3.8) is 0 Å². The third kappa shape index (κ3) is 5.81. The van der Waals surface area contributed by atoms with Crippen molar-refractivity contribution in [3.8, 4) is 11.5 Å². The molecule has 36 heavy (non-hydrogen) atoms. The van der Waals surface area contributed by atoms with Gasteiger partial charge in [0.2, 0.25) is 0 Å². The van der Waals surface area contributed by atoms with Crippen LogP contribution in [0.2, 0.25) is 10.0 Å². The molecule has 1 aliphatic rings. The number of carbonyl (C=O) groups excluding carboxylic acids is 2. The molecule has 8 nitrogen and oxygen atoms in total. The van der Waals surface area contributed by atoms with Gasteiger partial charge in [0.1, 0.15) is 6.61 Å². The maximum atomic E-state index is 12.9. The Kier molecular flexibility index (Phi) is 7.83. The van der Waals surface area contributed by atoms with Crippen LogP contribution in [-0.4, -0.2) is 28.1 Å². The molecule has 0 aromatic heterocycles. The Labute approximate surface area is 220 Å². The van der Waals surface area contributed by atoms with Gasteiger partial charge in [-0.15, -0.1) is 0 Å². The van der Waals surface area contributed by atoms with E-state index in [-0.39, 0.29) is 29.0 Å². The zero-order chi connectivity index (χ0) is 25.8. The number of ether oxygens (including phenoxy) is 2. The number of hydrogen-bond donors (Lipinski definition) is 0. The maximum Gasteiger partial charge on any atom is 0.293 e. The minimum absolute atomic E-state index is 0.0217. The summed E-state index contributed by atoms with van der Waals surface area (Å²) in [6.45, 7) is 0.178. The molecule has 3 aromatic carbocycles. The molecule has 0 N–H and O–H groups in total. The molecule has 1 saturated heterocycles. The van der Waals surface area contributed by atoms with E-state index in [2.05, 4.69) is 0 Å². The SMILES string of the molecule is COc1cc(/C=C2\SC(=O)N(Cc3ccc(Cl)c(Cl)c3)C2=O)ccc1OCc1cccc([N+](=O)[O-])c1. The summed E-state index contributed by atoms with van der Waals surface area (Å²) < 4.78 is 11.2. The molecule has 0 aliphatic carbocycles. The summed E-state index contributed by atoms with van der Waals surface area (Å²) in [5, 5.41) is 11.3. The van der Waals surface area contributed by atoms with Crippen molar-refractivity contribution in [1.82, 2.24) is 4.90 Å². The average Bonchev–Trinajstić information content (AvgIpc) is 3.12. The molecule has 0 spiro atoms. The molecule has 0 saturated carbocycles. The molecule has 0 bridgehead atoms. The predicted octanol–water partition coefficient (Wildman–Crippen LogP) is 6.73. The van der Waals surface area contributed by atoms with Crippen LogP contribution in [0, 0.1) is 10.1 Å². The quantitative estimate of drug-likeness (QED) is 0.176. The molecule has 1 heterocycles. The highest BCUT2D eigenvalue weighted by molar-refractivity contribution is 8.18. The standard InChI is InChI=1S/C25H18Cl2N2O6S/c1-34-22-11-15(6-8-21(22)35-14-17-3-2-4-18(9-17)29(32)33)12-23-24(30)28(25(31)36-23)13-16-5-7-19(26)20(27)10-16/h2-12H,13-14H2,1H3/b23-12-. The van der Waals surface area contributed by atoms with Gasteiger partial charge < -0.3 is 9.47 Å². The summed E-state index contributed by atoms with van der Waals surface area (Å²) in [6, 6.07) is 16.2. The predicted molar refractivity (Wildman–Crippen MR) is 138 cm³/mol. The third-order valence-corrected chi connectivity index (χ3v) is 6.85. The molecule has 2 amide bonds. The lowest BCUT2D eigenvalue weighted by Gasteiger charge is -2.13. The van der Waals surface area contributed by atoms with Gasteiger partial charge in [-0.25, -0.2) is 0 Å². The van der Waals surface area contributed by atoms with Gasteiger partial charge in [-0.05, 0) is 58.8 Å². The van der Waals surface area contributed by atoms with Gasteiger partial charge >= 0.3 is 0 Å². The monoisotopic (exact) mass is 544 g/mol. The summed E-state index contributed by atoms with van der Waals surface area (Å²) in [6.07, 6.45) is 1.60. The first kappa shape index (κ1) is 25.6. The number of carbonyl (C=O) groups is 2. The summed E-state index contributed by atoms with van der Waals surface area (Å²) in [5.74, 6) is 0.416. The fraction of sp³-hybridized carbons (Fsp3) is 0.120. The zero-order valence-corrected chi connectivity index (χ0v) is 21.1. The van der Waals surface area contributed by atoms with Gasteiger partial charge in [0.05, 0.1) is 33.5 Å². The Bertz CT molecular complexity index is 1390. The van der Waals surface area contributed by atoms with Crippen LogP contribution < -0.4 is 9.47 Å². The highest BCUT2D eigenvalue weighted by Crippen LogP contribution is 2.36. The van der Waals surface area contributed by atoms with Crippen LogP contribution in [0.5, 0.6) is 11.5 Å². The second-order valence-corrected chi connectivity index (χ2v) is 9.45. The van der Waals surface area contributed by atoms with Crippen molar-refractivity contribution in [2.24, 2.45) is 0 Å². The normalized spacial score (nSPS) is 14.4. The van der Waals surface area contributed by atoms with Crippen LogP contribution in [-0.2, 0) is 17.9 Å². The number of nitro groups is 1. The summed E-state index contributed by atoms with van der Waals surface area (Å²) >= 11 is 12.8. The summed E-state index contributed by atoms with van der Waals surface area (Å²) in [4.78, 5) is 37.3. The summed E-state index contributed by atoms with van der Waals surface area (Å²) in [5.41, 5.74) is 1.92. The lowest BCUT2D eigenvalue weighted by molar-refractivity contribution is -0.384. The van der Waals surface area contributed by atoms with E-state index in [1.54, 1.807) is 54.6 Å². The van der Waals surface area contributed by atoms with E-state index < -0.39 is 10.8 Å². The molecular formula is C25H18Cl2N2O6S. The molecule has 0 atom stereocenters. The van der Waals surface area contributed by atoms with Gasteiger partial charge in [-0.1, -0.05) is 47.5 Å². The maximum absolute atomic E-state index is 12.9. The molecule has 0 radical (unpaired) electrons. The smallest absolute Gasteiger partial charge is 0.293 e. The number of amides is 2. The van der Waals surface area contributed by atoms with Crippen molar-refractivity contribution in [2.75, 3.05) is 7.11 Å². The number of methoxy groups -OCH3 is 1. The van der Waals surface area contributed by atoms with E-state index in [0.29, 0.717) is 38.2 Å². The van der Waals surface area contributed by atoms with Crippen molar-refractivity contribution < 1.29 is 24.0 Å². The fourth-order valence-electron chi connectivity index (χ4n) is 3.42. The van der Waals surface area contributed by atoms with Gasteiger partial charge in [0.15, 0.2) is 11.5 Å². The average molecular weight is 545 g/mol. The molecule has 1 aliphatic heterocycles. The van der Waals surface area contributed by atoms with Gasteiger partial charge in [0, 0.05) is 12.1 Å². The van der Waals surface area contributed by atoms with Crippen LogP contribution in [0.3, 0.4) is 0 Å². The molecule has 184 valence electrons. The second-order valence-electron chi connectivity index (χ2n) is 7.64. The minimum atomic E-state index is -0.467. The Balaban J connectivity index is 1.48. The lowest BCUT2D eigenvalue weighted by atomic mass is 10.1. The van der Waals surface area contributed by atoms with Gasteiger partial charge in [0.25, 0.3) is 16.8 Å². The number of halogens is 2. The van der Waals surface area contributed by atoms with Crippen LogP contribution in [0.4, 0.5) is 10.5 Å². The van der Waals surface area contributed by atoms with E-state index >= 15 is 0 Å². The van der Waals surface area contributed by atoms with Crippen molar-refractivity contribution in [1.29, 1.82) is 0 Å². The third-order valence-electron chi connectivity index (χ3n) is 5.20. The number of rotatable bonds is 8. The largest absolute Gasteiger partial charge is 0.493 e. The molecular weight excluding hydrogens is 527 g/mol. The number of benzene rings is 3. The van der Waals surface area contributed by atoms with Crippen LogP contribution in [0.1, 0.15) is 16.7 Å². The Morgan fingerprint density at radius 1 is 1.00 bits per heavy atom. The van der Waals surface area contributed by atoms with E-state index in [4.69, 9.17) is 32.7 Å². The molecule has 0 unspecified atom stereocenters. The number of nitrogens with zero attached hydrogens (tertiary/aromatic N) is 2. The zero-order valence-electron chi connectivity index (χ0n) is 18.8. The number of thioether (sulfide) groups is 1. The van der Waals surface area contributed by atoms with Crippen LogP contribution >= 0.6 is 35.0 Å². The molecule has 11 heteroatoms. The van der Waals surface area contributed by atoms with Gasteiger partial charge in [-0.3, -0.25) is 24.6 Å². The van der Waals surface area contributed by atoms with E-state index in [0.717, 1.165) is 16.7 Å². The van der Waals surface area contributed by atoms with Gasteiger partial charge in [-0.2, -0.15) is 0 Å². The van der Waals surface area contributed by atoms with Crippen molar-refractivity contribution in [3.05, 3.63) is 102 Å². The first-order chi connectivity index (χ1) is 17.2. The Morgan fingerprint density at radius 2 is 1.81 bits per heavy atom. The number of nitro benzene ring substituents is 1. The van der Waals surface area contributed by atoms with E-state index in [1.165, 1.54) is 19.2 Å². The van der Waals surface area contributed by atoms with Crippen molar-refractivity contribution in [2.45, 2.75) is 13.2 Å². The van der Waals surface area contributed by atoms with Crippen molar-refractivity contribution >= 4 is 57.9 Å². The molecule has 1 fully saturated rings. The highest BCUT2D eigenvalue weighted by atomic mass is 35.5. The first-order valence-electron chi connectivity index (χ1n) is 10.5. The number of non-ortho nitro benzene ring substituents is 1. The summed E-state index contributed by atoms with van der Waals surface area (Å²) in [7, 11) is 1.48. The molecule has 3 aromatic rings. The Hall–Kier alpha value is -3.53. The van der Waals surface area contributed by atoms with E-state index in [1.807, 2.05) is 0 Å². The Morgan fingerprint density at radius 3 is 2.53 bits per heavy atom. The highest BCUT2D eigenvalue weighted by Gasteiger charge is 2.35. The lowest BCUT2D eigenvalue weighted by Crippen LogP contribution is -2.27. The van der Waals surface area contributed by atoms with Crippen LogP contribution in [0.25, 0.3) is 6.08 Å². The minimum Gasteiger partial charge on any atom is -0.493 e. The molecule has 4 rings (SSSR count). The second kappa shape index (κ2) is 11.0. The van der Waals surface area contributed by atoms with Crippen LogP contribution in [0.15, 0.2) is 65.6 Å². The number of imide groups is 1.